The van der Waals surface area contributed by atoms with Crippen molar-refractivity contribution in [2.75, 3.05) is 0 Å². The van der Waals surface area contributed by atoms with E-state index in [0.29, 0.717) is 11.3 Å². The van der Waals surface area contributed by atoms with Crippen LogP contribution in [-0.4, -0.2) is 24.6 Å². The monoisotopic (exact) mass is 1020 g/mol. The van der Waals surface area contributed by atoms with E-state index >= 15 is 0 Å². The summed E-state index contributed by atoms with van der Waals surface area (Å²) in [5.41, 5.74) is 16.9. The Kier molecular flexibility index (Phi) is 11.5. The van der Waals surface area contributed by atoms with Crippen LogP contribution in [0.5, 0.6) is 5.75 Å². The fourth-order valence-electron chi connectivity index (χ4n) is 8.78. The zero-order valence-electron chi connectivity index (χ0n) is 37.4. The van der Waals surface area contributed by atoms with E-state index in [9.17, 15) is 5.11 Å². The molecular formula is C59H49N4OPt-. The van der Waals surface area contributed by atoms with Gasteiger partial charge < -0.3 is 9.67 Å². The van der Waals surface area contributed by atoms with Crippen molar-refractivity contribution in [1.82, 2.24) is 19.5 Å². The Bertz CT molecular complexity index is 3340. The third-order valence-corrected chi connectivity index (χ3v) is 12.3. The van der Waals surface area contributed by atoms with Gasteiger partial charge in [0, 0.05) is 78.5 Å². The Morgan fingerprint density at radius 3 is 1.78 bits per heavy atom. The number of nitrogens with zero attached hydrogens (tertiary/aromatic N) is 4. The van der Waals surface area contributed by atoms with E-state index in [-0.39, 0.29) is 37.6 Å². The van der Waals surface area contributed by atoms with Gasteiger partial charge in [-0.15, -0.1) is 24.3 Å². The third kappa shape index (κ3) is 8.33. The maximum absolute atomic E-state index is 11.1. The number of fused-ring (bicyclic) bond motifs is 3. The summed E-state index contributed by atoms with van der Waals surface area (Å²) in [5, 5.41) is 13.5. The number of aromatic hydroxyl groups is 1. The summed E-state index contributed by atoms with van der Waals surface area (Å²) in [5.74, 6) is 0.186. The number of aromatic nitrogens is 4. The first-order valence-electron chi connectivity index (χ1n) is 21.9. The van der Waals surface area contributed by atoms with E-state index in [1.807, 2.05) is 36.8 Å². The molecule has 10 aromatic rings. The maximum Gasteiger partial charge on any atom is 0.124 e. The van der Waals surface area contributed by atoms with E-state index in [2.05, 4.69) is 197 Å². The molecule has 6 heteroatoms. The number of hydrogen-bond donors (Lipinski definition) is 1. The van der Waals surface area contributed by atoms with Gasteiger partial charge in [0.05, 0.1) is 22.4 Å². The molecule has 4 aromatic heterocycles. The zero-order chi connectivity index (χ0) is 44.2. The van der Waals surface area contributed by atoms with Crippen LogP contribution in [0.4, 0.5) is 0 Å². The molecular weight excluding hydrogens is 976 g/mol. The second-order valence-corrected chi connectivity index (χ2v) is 18.7. The molecule has 0 amide bonds. The minimum atomic E-state index is -0.0529. The first-order chi connectivity index (χ1) is 30.9. The number of pyridine rings is 3. The van der Waals surface area contributed by atoms with Crippen LogP contribution in [0.3, 0.4) is 0 Å². The van der Waals surface area contributed by atoms with Crippen molar-refractivity contribution in [2.24, 2.45) is 0 Å². The molecule has 0 saturated carbocycles. The van der Waals surface area contributed by atoms with Crippen molar-refractivity contribution in [3.63, 3.8) is 0 Å². The van der Waals surface area contributed by atoms with E-state index in [1.165, 1.54) is 21.9 Å². The van der Waals surface area contributed by atoms with Crippen LogP contribution in [0, 0.1) is 6.07 Å². The van der Waals surface area contributed by atoms with E-state index < -0.39 is 0 Å². The summed E-state index contributed by atoms with van der Waals surface area (Å²) >= 11 is 0. The third-order valence-electron chi connectivity index (χ3n) is 12.3. The topological polar surface area (TPSA) is 63.8 Å². The standard InChI is InChI=1S/C59H49N4O.Pt/c1-58(2,3)44-32-42(33-45(37-44)59(4,5)6)43-35-52(62-53(36-43)50-19-9-12-24-56(50)64)41-16-13-15-40(31-41)51-34-39(27-30-61-51)47-20-14-21-49-48-18-8-11-23-55(48)63(57(47)49)54-22-10-7-17-46(54)38-25-28-60-29-26-38;/h7-30,32-37,64H,1-6H3;/q-1;. The molecule has 0 aliphatic heterocycles. The minimum Gasteiger partial charge on any atom is -0.507 e. The molecule has 0 bridgehead atoms. The molecule has 10 rings (SSSR count). The Morgan fingerprint density at radius 2 is 1.05 bits per heavy atom. The number of phenolic OH excluding ortho intramolecular Hbond substituents is 1. The summed E-state index contributed by atoms with van der Waals surface area (Å²) in [6.45, 7) is 13.6. The van der Waals surface area contributed by atoms with Crippen molar-refractivity contribution < 1.29 is 26.2 Å². The molecule has 5 nitrogen and oxygen atoms in total. The van der Waals surface area contributed by atoms with Gasteiger partial charge in [-0.05, 0) is 92.7 Å². The zero-order valence-corrected chi connectivity index (χ0v) is 39.6. The summed E-state index contributed by atoms with van der Waals surface area (Å²) in [6, 6.07) is 60.7. The van der Waals surface area contributed by atoms with Gasteiger partial charge in [0.25, 0.3) is 0 Å². The second kappa shape index (κ2) is 17.2. The van der Waals surface area contributed by atoms with Crippen molar-refractivity contribution in [3.8, 4) is 78.6 Å². The molecule has 1 N–H and O–H groups in total. The Hall–Kier alpha value is -6.94. The number of rotatable bonds is 7. The van der Waals surface area contributed by atoms with Gasteiger partial charge >= 0.3 is 0 Å². The Balaban J connectivity index is 0.00000533. The molecule has 0 saturated heterocycles. The predicted octanol–water partition coefficient (Wildman–Crippen LogP) is 15.1. The van der Waals surface area contributed by atoms with Crippen LogP contribution in [-0.2, 0) is 31.9 Å². The molecule has 322 valence electrons. The number of phenols is 1. The normalized spacial score (nSPS) is 11.8. The fourth-order valence-corrected chi connectivity index (χ4v) is 8.78. The molecule has 0 fully saturated rings. The molecule has 6 aromatic carbocycles. The minimum absolute atomic E-state index is 0. The van der Waals surface area contributed by atoms with Gasteiger partial charge in [-0.3, -0.25) is 15.0 Å². The largest absolute Gasteiger partial charge is 0.507 e. The van der Waals surface area contributed by atoms with E-state index in [1.54, 1.807) is 6.07 Å². The van der Waals surface area contributed by atoms with Crippen molar-refractivity contribution >= 4 is 21.8 Å². The fraction of sp³-hybridized carbons (Fsp3) is 0.136. The number of benzene rings is 6. The van der Waals surface area contributed by atoms with Crippen molar-refractivity contribution in [2.45, 2.75) is 52.4 Å². The Morgan fingerprint density at radius 1 is 0.477 bits per heavy atom. The number of para-hydroxylation sites is 4. The first-order valence-corrected chi connectivity index (χ1v) is 21.9. The van der Waals surface area contributed by atoms with Crippen LogP contribution in [0.15, 0.2) is 182 Å². The second-order valence-electron chi connectivity index (χ2n) is 18.7. The van der Waals surface area contributed by atoms with Gasteiger partial charge in [-0.2, -0.15) is 0 Å². The Labute approximate surface area is 395 Å². The van der Waals surface area contributed by atoms with Crippen LogP contribution >= 0.6 is 0 Å². The average molecular weight is 1030 g/mol. The molecule has 0 unspecified atom stereocenters. The van der Waals surface area contributed by atoms with Gasteiger partial charge in [-0.1, -0.05) is 150 Å². The summed E-state index contributed by atoms with van der Waals surface area (Å²) < 4.78 is 2.41. The molecule has 0 aliphatic rings. The van der Waals surface area contributed by atoms with Gasteiger partial charge in [0.2, 0.25) is 0 Å². The van der Waals surface area contributed by atoms with Crippen molar-refractivity contribution in [1.29, 1.82) is 0 Å². The van der Waals surface area contributed by atoms with Gasteiger partial charge in [-0.25, -0.2) is 0 Å². The van der Waals surface area contributed by atoms with Gasteiger partial charge in [0.1, 0.15) is 5.75 Å². The number of hydrogen-bond acceptors (Lipinski definition) is 4. The molecule has 4 heterocycles. The molecule has 0 radical (unpaired) electrons. The summed E-state index contributed by atoms with van der Waals surface area (Å²) in [6.07, 6.45) is 5.59. The summed E-state index contributed by atoms with van der Waals surface area (Å²) in [4.78, 5) is 14.4. The van der Waals surface area contributed by atoms with Gasteiger partial charge in [0.15, 0.2) is 0 Å². The van der Waals surface area contributed by atoms with Crippen LogP contribution in [0.1, 0.15) is 52.7 Å². The first kappa shape index (κ1) is 43.3. The molecule has 0 aliphatic carbocycles. The quantitative estimate of drug-likeness (QED) is 0.162. The predicted molar refractivity (Wildman–Crippen MR) is 265 cm³/mol. The molecule has 65 heavy (non-hydrogen) atoms. The van der Waals surface area contributed by atoms with E-state index in [4.69, 9.17) is 9.97 Å². The SMILES string of the molecule is CC(C)(C)c1cc(-c2cc(-c3[c-]c(-c4cc(-c5cccc6c7ccccc7n(-c7ccccc7-c7ccncc7)c56)ccn4)ccc3)nc(-c3ccccc3O)c2)cc(C(C)(C)C)c1.[Pt]. The van der Waals surface area contributed by atoms with Crippen LogP contribution in [0.2, 0.25) is 0 Å². The van der Waals surface area contributed by atoms with Crippen LogP contribution < -0.4 is 0 Å². The molecule has 0 atom stereocenters. The van der Waals surface area contributed by atoms with Crippen LogP contribution in [0.25, 0.3) is 94.6 Å². The summed E-state index contributed by atoms with van der Waals surface area (Å²) in [7, 11) is 0. The average Bonchev–Trinajstić information content (AvgIpc) is 3.66. The molecule has 0 spiro atoms. The van der Waals surface area contributed by atoms with E-state index in [0.717, 1.165) is 72.6 Å². The maximum atomic E-state index is 11.1. The smallest absolute Gasteiger partial charge is 0.124 e. The van der Waals surface area contributed by atoms with Crippen molar-refractivity contribution in [3.05, 3.63) is 200 Å².